The highest BCUT2D eigenvalue weighted by molar-refractivity contribution is 6.31. The van der Waals surface area contributed by atoms with Gasteiger partial charge in [-0.2, -0.15) is 13.2 Å². The van der Waals surface area contributed by atoms with E-state index >= 15 is 0 Å². The van der Waals surface area contributed by atoms with Gasteiger partial charge in [0, 0.05) is 40.7 Å². The summed E-state index contributed by atoms with van der Waals surface area (Å²) in [4.78, 5) is 51.2. The third kappa shape index (κ3) is 6.29. The monoisotopic (exact) mass is 635 g/mol. The van der Waals surface area contributed by atoms with Crippen molar-refractivity contribution in [3.8, 4) is 6.01 Å². The number of nitrogens with one attached hydrogen (secondary N) is 3. The van der Waals surface area contributed by atoms with Crippen LogP contribution in [0.1, 0.15) is 49.4 Å². The zero-order chi connectivity index (χ0) is 31.8. The van der Waals surface area contributed by atoms with Crippen LogP contribution < -0.4 is 20.7 Å². The maximum Gasteiger partial charge on any atom is 0.416 e. The van der Waals surface area contributed by atoms with Gasteiger partial charge < -0.3 is 25.3 Å². The molecule has 1 aliphatic rings. The number of fused-ring (bicyclic) bond motifs is 1. The van der Waals surface area contributed by atoms with E-state index in [2.05, 4.69) is 30.9 Å². The molecular formula is C27H19ClF5N7O4. The molecule has 0 bridgehead atoms. The van der Waals surface area contributed by atoms with E-state index in [0.717, 1.165) is 16.7 Å². The first-order chi connectivity index (χ1) is 20.8. The number of amides is 3. The van der Waals surface area contributed by atoms with Crippen molar-refractivity contribution in [3.05, 3.63) is 99.2 Å². The highest BCUT2D eigenvalue weighted by atomic mass is 35.5. The maximum absolute atomic E-state index is 14.2. The van der Waals surface area contributed by atoms with E-state index in [1.54, 1.807) is 0 Å². The van der Waals surface area contributed by atoms with E-state index < -0.39 is 59.2 Å². The van der Waals surface area contributed by atoms with Crippen molar-refractivity contribution in [2.24, 2.45) is 0 Å². The molecule has 0 radical (unpaired) electrons. The van der Waals surface area contributed by atoms with Crippen molar-refractivity contribution < 1.29 is 41.1 Å². The molecule has 1 aliphatic heterocycles. The van der Waals surface area contributed by atoms with E-state index in [1.165, 1.54) is 25.6 Å². The maximum atomic E-state index is 14.2. The van der Waals surface area contributed by atoms with Crippen molar-refractivity contribution in [3.63, 3.8) is 0 Å². The summed E-state index contributed by atoms with van der Waals surface area (Å²) in [7, 11) is 1.37. The van der Waals surface area contributed by atoms with Crippen molar-refractivity contribution in [1.29, 1.82) is 0 Å². The second-order valence-electron chi connectivity index (χ2n) is 9.36. The van der Waals surface area contributed by atoms with E-state index in [4.69, 9.17) is 16.3 Å². The lowest BCUT2D eigenvalue weighted by molar-refractivity contribution is -0.137. The second kappa shape index (κ2) is 11.9. The van der Waals surface area contributed by atoms with Crippen LogP contribution in [0.25, 0.3) is 0 Å². The Morgan fingerprint density at radius 2 is 1.82 bits per heavy atom. The summed E-state index contributed by atoms with van der Waals surface area (Å²) in [6.45, 7) is -0.574. The molecule has 1 atom stereocenters. The fourth-order valence-electron chi connectivity index (χ4n) is 4.43. The van der Waals surface area contributed by atoms with Crippen LogP contribution in [0.15, 0.2) is 48.8 Å². The summed E-state index contributed by atoms with van der Waals surface area (Å²) in [5.74, 6) is -5.47. The smallest absolute Gasteiger partial charge is 0.416 e. The number of hydrogen-bond donors (Lipinski definition) is 3. The Labute approximate surface area is 249 Å². The molecule has 0 aliphatic carbocycles. The van der Waals surface area contributed by atoms with E-state index in [0.29, 0.717) is 17.7 Å². The minimum Gasteiger partial charge on any atom is -0.467 e. The third-order valence-electron chi connectivity index (χ3n) is 6.40. The first kappa shape index (κ1) is 30.3. The molecule has 3 heterocycles. The Balaban J connectivity index is 1.56. The van der Waals surface area contributed by atoms with Crippen LogP contribution in [0.4, 0.5) is 27.8 Å². The summed E-state index contributed by atoms with van der Waals surface area (Å²) in [6.07, 6.45) is -2.17. The minimum absolute atomic E-state index is 0.00841. The number of hydrogen-bond acceptors (Lipinski definition) is 7. The van der Waals surface area contributed by atoms with Crippen molar-refractivity contribution >= 4 is 35.1 Å². The summed E-state index contributed by atoms with van der Waals surface area (Å²) in [6, 6.07) is 3.39. The lowest BCUT2D eigenvalue weighted by Gasteiger charge is -2.28. The summed E-state index contributed by atoms with van der Waals surface area (Å²) >= 11 is 6.30. The molecule has 44 heavy (non-hydrogen) atoms. The number of carbonyl (C=O) groups is 3. The molecule has 0 unspecified atom stereocenters. The fourth-order valence-corrected chi connectivity index (χ4v) is 4.65. The van der Waals surface area contributed by atoms with Gasteiger partial charge in [0.25, 0.3) is 11.8 Å². The van der Waals surface area contributed by atoms with Gasteiger partial charge in [0.2, 0.25) is 11.7 Å². The van der Waals surface area contributed by atoms with Gasteiger partial charge in [0.05, 0.1) is 24.4 Å². The van der Waals surface area contributed by atoms with Gasteiger partial charge in [-0.15, -0.1) is 0 Å². The van der Waals surface area contributed by atoms with Gasteiger partial charge in [0.1, 0.15) is 18.2 Å². The molecule has 0 saturated heterocycles. The number of nitrogens with zero attached hydrogens (tertiary/aromatic N) is 4. The van der Waals surface area contributed by atoms with Gasteiger partial charge >= 0.3 is 12.2 Å². The van der Waals surface area contributed by atoms with Crippen molar-refractivity contribution in [1.82, 2.24) is 30.2 Å². The van der Waals surface area contributed by atoms with Crippen LogP contribution in [0.3, 0.4) is 0 Å². The third-order valence-corrected chi connectivity index (χ3v) is 6.74. The zero-order valence-electron chi connectivity index (χ0n) is 22.3. The first-order valence-electron chi connectivity index (χ1n) is 12.5. The van der Waals surface area contributed by atoms with Crippen LogP contribution in [0.5, 0.6) is 6.01 Å². The van der Waals surface area contributed by atoms with Crippen molar-refractivity contribution in [2.45, 2.75) is 25.3 Å². The number of ether oxygens (including phenoxy) is 1. The summed E-state index contributed by atoms with van der Waals surface area (Å²) < 4.78 is 74.2. The van der Waals surface area contributed by atoms with Crippen LogP contribution in [0, 0.1) is 11.6 Å². The second-order valence-corrected chi connectivity index (χ2v) is 9.77. The highest BCUT2D eigenvalue weighted by Crippen LogP contribution is 2.36. The Kier molecular flexibility index (Phi) is 8.19. The normalized spacial score (nSPS) is 14.4. The number of carbonyl (C=O) groups excluding carboxylic acids is 3. The van der Waals surface area contributed by atoms with Gasteiger partial charge in [-0.05, 0) is 36.4 Å². The number of methoxy groups -OCH3 is 1. The Hall–Kier alpha value is -5.12. The number of halogens is 6. The zero-order valence-corrected chi connectivity index (χ0v) is 23.1. The molecule has 0 saturated carbocycles. The SMILES string of the molecule is COc1ncc(CNC(=O)c2nc(NC(=O)c3cc(F)cc(C(F)(F)F)c3)c3n2CC(=O)N[C@H]3c2cc(F)ccc2Cl)cn1. The average Bonchev–Trinajstić information content (AvgIpc) is 3.34. The van der Waals surface area contributed by atoms with Gasteiger partial charge in [-0.1, -0.05) is 11.6 Å². The molecule has 3 N–H and O–H groups in total. The predicted molar refractivity (Wildman–Crippen MR) is 143 cm³/mol. The number of imidazole rings is 1. The molecule has 4 aromatic rings. The number of benzene rings is 2. The quantitative estimate of drug-likeness (QED) is 0.261. The average molecular weight is 636 g/mol. The van der Waals surface area contributed by atoms with Crippen LogP contribution in [-0.2, 0) is 24.1 Å². The van der Waals surface area contributed by atoms with E-state index in [1.807, 2.05) is 0 Å². The van der Waals surface area contributed by atoms with Crippen molar-refractivity contribution in [2.75, 3.05) is 12.4 Å². The molecule has 17 heteroatoms. The van der Waals surface area contributed by atoms with Crippen LogP contribution in [0.2, 0.25) is 5.02 Å². The van der Waals surface area contributed by atoms with Gasteiger partial charge in [-0.3, -0.25) is 14.4 Å². The van der Waals surface area contributed by atoms with Gasteiger partial charge in [-0.25, -0.2) is 23.7 Å². The van der Waals surface area contributed by atoms with Gasteiger partial charge in [0.15, 0.2) is 5.82 Å². The standard InChI is InChI=1S/C27H19ClF5N7O4/c1-44-26-35-9-12(10-36-26)8-34-25(43)23-38-22(39-24(42)13-4-14(27(31,32)33)6-16(30)5-13)21-20(37-19(41)11-40(21)23)17-7-15(29)2-3-18(17)28/h2-7,9-10,20H,8,11H2,1H3,(H,34,43)(H,37,41)(H,39,42)/t20-/m0/s1. The summed E-state index contributed by atoms with van der Waals surface area (Å²) in [5, 5.41) is 7.48. The van der Waals surface area contributed by atoms with Crippen LogP contribution >= 0.6 is 11.6 Å². The molecular weight excluding hydrogens is 617 g/mol. The Morgan fingerprint density at radius 1 is 1.09 bits per heavy atom. The highest BCUT2D eigenvalue weighted by Gasteiger charge is 2.37. The molecule has 3 amide bonds. The number of anilines is 1. The van der Waals surface area contributed by atoms with E-state index in [9.17, 15) is 36.3 Å². The number of alkyl halides is 3. The Morgan fingerprint density at radius 3 is 2.50 bits per heavy atom. The molecule has 2 aromatic carbocycles. The Bertz CT molecular complexity index is 1780. The molecule has 2 aromatic heterocycles. The van der Waals surface area contributed by atoms with E-state index in [-0.39, 0.29) is 46.5 Å². The molecule has 228 valence electrons. The predicted octanol–water partition coefficient (Wildman–Crippen LogP) is 4.03. The summed E-state index contributed by atoms with van der Waals surface area (Å²) in [5.41, 5.74) is -1.66. The topological polar surface area (TPSA) is 140 Å². The lowest BCUT2D eigenvalue weighted by atomic mass is 10.0. The molecule has 11 nitrogen and oxygen atoms in total. The number of rotatable bonds is 7. The molecule has 5 rings (SSSR count). The lowest BCUT2D eigenvalue weighted by Crippen LogP contribution is -2.41. The molecule has 0 spiro atoms. The largest absolute Gasteiger partial charge is 0.467 e. The minimum atomic E-state index is -4.95. The fraction of sp³-hybridized carbons (Fsp3) is 0.185. The molecule has 0 fully saturated rings. The van der Waals surface area contributed by atoms with Crippen LogP contribution in [-0.4, -0.2) is 44.4 Å². The first-order valence-corrected chi connectivity index (χ1v) is 12.9. The number of aromatic nitrogens is 4.